The molecule has 0 radical (unpaired) electrons. The smallest absolute Gasteiger partial charge is 0.254 e. The number of rotatable bonds is 9. The molecule has 0 aliphatic heterocycles. The molecule has 0 aliphatic rings. The molecule has 0 bridgehead atoms. The molecule has 3 rings (SSSR count). The van der Waals surface area contributed by atoms with Crippen LogP contribution in [-0.4, -0.2) is 24.5 Å². The lowest BCUT2D eigenvalue weighted by molar-refractivity contribution is -0.119. The predicted octanol–water partition coefficient (Wildman–Crippen LogP) is 3.66. The SMILES string of the molecule is C[C@H](NC(=O)c1ccccc1Nc1cccc(OCCc2ccccc2)c1)C(N)=O. The van der Waals surface area contributed by atoms with E-state index in [0.717, 1.165) is 17.9 Å². The molecule has 0 saturated heterocycles. The van der Waals surface area contributed by atoms with Crippen LogP contribution in [0.2, 0.25) is 0 Å². The lowest BCUT2D eigenvalue weighted by Gasteiger charge is -2.15. The van der Waals surface area contributed by atoms with Crippen LogP contribution in [-0.2, 0) is 11.2 Å². The van der Waals surface area contributed by atoms with E-state index in [9.17, 15) is 9.59 Å². The van der Waals surface area contributed by atoms with Crippen LogP contribution < -0.4 is 21.1 Å². The minimum Gasteiger partial charge on any atom is -0.493 e. The number of primary amides is 1. The molecule has 0 aromatic heterocycles. The van der Waals surface area contributed by atoms with Gasteiger partial charge in [0.25, 0.3) is 5.91 Å². The van der Waals surface area contributed by atoms with Crippen LogP contribution in [0.25, 0.3) is 0 Å². The zero-order valence-corrected chi connectivity index (χ0v) is 16.8. The second kappa shape index (κ2) is 10.1. The van der Waals surface area contributed by atoms with E-state index in [1.54, 1.807) is 25.1 Å². The second-order valence-corrected chi connectivity index (χ2v) is 6.88. The fourth-order valence-corrected chi connectivity index (χ4v) is 2.89. The molecule has 0 unspecified atom stereocenters. The van der Waals surface area contributed by atoms with Gasteiger partial charge in [-0.25, -0.2) is 0 Å². The lowest BCUT2D eigenvalue weighted by Crippen LogP contribution is -2.42. The van der Waals surface area contributed by atoms with Crippen LogP contribution in [0.15, 0.2) is 78.9 Å². The van der Waals surface area contributed by atoms with Crippen LogP contribution in [0, 0.1) is 0 Å². The van der Waals surface area contributed by atoms with Gasteiger partial charge in [-0.2, -0.15) is 0 Å². The Morgan fingerprint density at radius 3 is 2.47 bits per heavy atom. The van der Waals surface area contributed by atoms with Crippen LogP contribution in [0.4, 0.5) is 11.4 Å². The number of amides is 2. The number of carbonyl (C=O) groups excluding carboxylic acids is 2. The summed E-state index contributed by atoms with van der Waals surface area (Å²) in [5.41, 5.74) is 8.28. The fourth-order valence-electron chi connectivity index (χ4n) is 2.89. The van der Waals surface area contributed by atoms with Gasteiger partial charge in [-0.1, -0.05) is 48.5 Å². The molecule has 154 valence electrons. The number of anilines is 2. The zero-order chi connectivity index (χ0) is 21.3. The maximum Gasteiger partial charge on any atom is 0.254 e. The van der Waals surface area contributed by atoms with E-state index in [2.05, 4.69) is 22.8 Å². The van der Waals surface area contributed by atoms with Gasteiger partial charge in [0, 0.05) is 18.2 Å². The van der Waals surface area contributed by atoms with Crippen LogP contribution >= 0.6 is 0 Å². The van der Waals surface area contributed by atoms with Gasteiger partial charge in [-0.3, -0.25) is 9.59 Å². The molecule has 0 spiro atoms. The summed E-state index contributed by atoms with van der Waals surface area (Å²) in [7, 11) is 0. The van der Waals surface area contributed by atoms with Gasteiger partial charge in [0.15, 0.2) is 0 Å². The number of nitrogens with one attached hydrogen (secondary N) is 2. The minimum absolute atomic E-state index is 0.375. The summed E-state index contributed by atoms with van der Waals surface area (Å²) in [4.78, 5) is 23.8. The van der Waals surface area contributed by atoms with Crippen molar-refractivity contribution in [2.75, 3.05) is 11.9 Å². The normalized spacial score (nSPS) is 11.4. The van der Waals surface area contributed by atoms with Crippen molar-refractivity contribution in [3.05, 3.63) is 90.0 Å². The van der Waals surface area contributed by atoms with Gasteiger partial charge < -0.3 is 21.1 Å². The molecule has 0 heterocycles. The Hall–Kier alpha value is -3.80. The topological polar surface area (TPSA) is 93.4 Å². The van der Waals surface area contributed by atoms with E-state index < -0.39 is 11.9 Å². The highest BCUT2D eigenvalue weighted by Crippen LogP contribution is 2.24. The van der Waals surface area contributed by atoms with E-state index in [4.69, 9.17) is 10.5 Å². The Morgan fingerprint density at radius 2 is 1.70 bits per heavy atom. The Labute approximate surface area is 176 Å². The Bertz CT molecular complexity index is 1010. The van der Waals surface area contributed by atoms with Crippen molar-refractivity contribution in [1.29, 1.82) is 0 Å². The summed E-state index contributed by atoms with van der Waals surface area (Å²) >= 11 is 0. The van der Waals surface area contributed by atoms with E-state index in [0.29, 0.717) is 17.9 Å². The maximum atomic E-state index is 12.5. The van der Waals surface area contributed by atoms with Crippen LogP contribution in [0.5, 0.6) is 5.75 Å². The summed E-state index contributed by atoms with van der Waals surface area (Å²) in [6.45, 7) is 2.12. The molecule has 0 saturated carbocycles. The molecule has 3 aromatic carbocycles. The first-order valence-corrected chi connectivity index (χ1v) is 9.76. The highest BCUT2D eigenvalue weighted by Gasteiger charge is 2.16. The highest BCUT2D eigenvalue weighted by atomic mass is 16.5. The van der Waals surface area contributed by atoms with E-state index >= 15 is 0 Å². The number of para-hydroxylation sites is 1. The fraction of sp³-hybridized carbons (Fsp3) is 0.167. The number of nitrogens with two attached hydrogens (primary N) is 1. The quantitative estimate of drug-likeness (QED) is 0.508. The highest BCUT2D eigenvalue weighted by molar-refractivity contribution is 6.02. The third-order valence-electron chi connectivity index (χ3n) is 4.56. The van der Waals surface area contributed by atoms with Crippen molar-refractivity contribution in [2.24, 2.45) is 5.73 Å². The Balaban J connectivity index is 1.66. The maximum absolute atomic E-state index is 12.5. The average molecular weight is 403 g/mol. The molecular weight excluding hydrogens is 378 g/mol. The number of ether oxygens (including phenoxy) is 1. The third kappa shape index (κ3) is 5.85. The summed E-state index contributed by atoms with van der Waals surface area (Å²) in [5, 5.41) is 5.85. The second-order valence-electron chi connectivity index (χ2n) is 6.88. The standard InChI is InChI=1S/C24H25N3O3/c1-17(23(25)28)26-24(29)21-12-5-6-13-22(21)27-19-10-7-11-20(16-19)30-15-14-18-8-3-2-4-9-18/h2-13,16-17,27H,14-15H2,1H3,(H2,25,28)(H,26,29)/t17-/m0/s1. The molecule has 0 aliphatic carbocycles. The number of benzene rings is 3. The summed E-state index contributed by atoms with van der Waals surface area (Å²) in [5.74, 6) is -0.228. The molecule has 3 aromatic rings. The van der Waals surface area contributed by atoms with Gasteiger partial charge in [0.05, 0.1) is 17.9 Å². The van der Waals surface area contributed by atoms with E-state index in [1.807, 2.05) is 48.5 Å². The lowest BCUT2D eigenvalue weighted by atomic mass is 10.1. The van der Waals surface area contributed by atoms with Gasteiger partial charge in [0.1, 0.15) is 11.8 Å². The average Bonchev–Trinajstić information content (AvgIpc) is 2.75. The Kier molecular flexibility index (Phi) is 7.05. The number of hydrogen-bond donors (Lipinski definition) is 3. The molecule has 4 N–H and O–H groups in total. The van der Waals surface area contributed by atoms with Crippen molar-refractivity contribution in [3.8, 4) is 5.75 Å². The first kappa shape index (κ1) is 20.9. The van der Waals surface area contributed by atoms with Crippen molar-refractivity contribution in [2.45, 2.75) is 19.4 Å². The van der Waals surface area contributed by atoms with Crippen LogP contribution in [0.3, 0.4) is 0 Å². The number of carbonyl (C=O) groups is 2. The largest absolute Gasteiger partial charge is 0.493 e. The monoisotopic (exact) mass is 403 g/mol. The first-order chi connectivity index (χ1) is 14.5. The van der Waals surface area contributed by atoms with E-state index in [1.165, 1.54) is 5.56 Å². The molecule has 1 atom stereocenters. The molecular formula is C24H25N3O3. The number of hydrogen-bond acceptors (Lipinski definition) is 4. The molecule has 30 heavy (non-hydrogen) atoms. The van der Waals surface area contributed by atoms with Crippen molar-refractivity contribution in [1.82, 2.24) is 5.32 Å². The summed E-state index contributed by atoms with van der Waals surface area (Å²) in [6, 6.07) is 24.0. The van der Waals surface area contributed by atoms with Gasteiger partial charge in [0.2, 0.25) is 5.91 Å². The molecule has 2 amide bonds. The minimum atomic E-state index is -0.758. The summed E-state index contributed by atoms with van der Waals surface area (Å²) in [6.07, 6.45) is 0.819. The molecule has 6 nitrogen and oxygen atoms in total. The summed E-state index contributed by atoms with van der Waals surface area (Å²) < 4.78 is 5.87. The van der Waals surface area contributed by atoms with Crippen LogP contribution in [0.1, 0.15) is 22.8 Å². The molecule has 6 heteroatoms. The Morgan fingerprint density at radius 1 is 0.967 bits per heavy atom. The van der Waals surface area contributed by atoms with E-state index in [-0.39, 0.29) is 5.91 Å². The van der Waals surface area contributed by atoms with Gasteiger partial charge >= 0.3 is 0 Å². The molecule has 0 fully saturated rings. The first-order valence-electron chi connectivity index (χ1n) is 9.76. The predicted molar refractivity (Wildman–Crippen MR) is 118 cm³/mol. The van der Waals surface area contributed by atoms with Crippen molar-refractivity contribution >= 4 is 23.2 Å². The van der Waals surface area contributed by atoms with Crippen molar-refractivity contribution in [3.63, 3.8) is 0 Å². The van der Waals surface area contributed by atoms with Crippen molar-refractivity contribution < 1.29 is 14.3 Å². The van der Waals surface area contributed by atoms with Gasteiger partial charge in [-0.05, 0) is 36.8 Å². The third-order valence-corrected chi connectivity index (χ3v) is 4.56. The van der Waals surface area contributed by atoms with Gasteiger partial charge in [-0.15, -0.1) is 0 Å². The zero-order valence-electron chi connectivity index (χ0n) is 16.8.